The van der Waals surface area contributed by atoms with E-state index in [1.165, 1.54) is 0 Å². The highest BCUT2D eigenvalue weighted by Crippen LogP contribution is 2.27. The van der Waals surface area contributed by atoms with Gasteiger partial charge in [0.15, 0.2) is 11.6 Å². The van der Waals surface area contributed by atoms with Crippen molar-refractivity contribution in [1.82, 2.24) is 10.3 Å². The fraction of sp³-hybridized carbons (Fsp3) is 0.706. The average molecular weight is 338 g/mol. The second-order valence-electron chi connectivity index (χ2n) is 7.25. The molecule has 1 saturated heterocycles. The quantitative estimate of drug-likeness (QED) is 0.847. The smallest absolute Gasteiger partial charge is 0.308 e. The molecule has 0 atom stereocenters. The molecule has 1 fully saturated rings. The summed E-state index contributed by atoms with van der Waals surface area (Å²) in [5.74, 6) is 0.225. The van der Waals surface area contributed by atoms with Gasteiger partial charge in [0.25, 0.3) is 5.91 Å². The summed E-state index contributed by atoms with van der Waals surface area (Å²) in [5, 5.41) is 2.98. The third kappa shape index (κ3) is 4.80. The largest absolute Gasteiger partial charge is 0.460 e. The van der Waals surface area contributed by atoms with Gasteiger partial charge in [-0.2, -0.15) is 0 Å². The van der Waals surface area contributed by atoms with Crippen LogP contribution in [0.2, 0.25) is 0 Å². The topological polar surface area (TPSA) is 90.7 Å². The van der Waals surface area contributed by atoms with Crippen molar-refractivity contribution >= 4 is 11.9 Å². The number of hydrogen-bond donors (Lipinski definition) is 1. The summed E-state index contributed by atoms with van der Waals surface area (Å²) in [7, 11) is 0. The molecule has 0 aliphatic carbocycles. The third-order valence-electron chi connectivity index (χ3n) is 3.85. The van der Waals surface area contributed by atoms with Crippen molar-refractivity contribution in [3.05, 3.63) is 17.3 Å². The zero-order valence-electron chi connectivity index (χ0n) is 15.0. The van der Waals surface area contributed by atoms with Crippen molar-refractivity contribution in [2.75, 3.05) is 13.2 Å². The van der Waals surface area contributed by atoms with Crippen molar-refractivity contribution in [3.63, 3.8) is 0 Å². The number of nitrogens with zero attached hydrogens (tertiary/aromatic N) is 1. The lowest BCUT2D eigenvalue weighted by molar-refractivity contribution is -0.157. The summed E-state index contributed by atoms with van der Waals surface area (Å²) >= 11 is 0. The van der Waals surface area contributed by atoms with Crippen LogP contribution in [0.3, 0.4) is 0 Å². The van der Waals surface area contributed by atoms with Gasteiger partial charge in [-0.15, -0.1) is 0 Å². The van der Waals surface area contributed by atoms with Crippen molar-refractivity contribution in [2.45, 2.75) is 65.0 Å². The van der Waals surface area contributed by atoms with Gasteiger partial charge >= 0.3 is 5.97 Å². The molecule has 1 amide bonds. The Labute approximate surface area is 142 Å². The maximum Gasteiger partial charge on any atom is 0.308 e. The van der Waals surface area contributed by atoms with Crippen LogP contribution in [0.25, 0.3) is 0 Å². The Morgan fingerprint density at radius 3 is 2.38 bits per heavy atom. The summed E-state index contributed by atoms with van der Waals surface area (Å²) in [6, 6.07) is 0. The van der Waals surface area contributed by atoms with E-state index in [1.807, 2.05) is 20.8 Å². The third-order valence-corrected chi connectivity index (χ3v) is 3.85. The standard InChI is InChI=1S/C17H26N2O5/c1-11-14(18-12(2)23-11)15(21)19-17(6-8-22-9-7-17)10-13(20)24-16(3,4)5/h6-10H2,1-5H3,(H,19,21). The second kappa shape index (κ2) is 6.93. The van der Waals surface area contributed by atoms with Gasteiger partial charge < -0.3 is 19.2 Å². The lowest BCUT2D eigenvalue weighted by Gasteiger charge is -2.37. The Hall–Kier alpha value is -1.89. The molecule has 0 spiro atoms. The predicted octanol–water partition coefficient (Wildman–Crippen LogP) is 2.30. The minimum atomic E-state index is -0.684. The number of aromatic nitrogens is 1. The minimum Gasteiger partial charge on any atom is -0.460 e. The number of rotatable bonds is 4. The molecule has 2 rings (SSSR count). The summed E-state index contributed by atoms with van der Waals surface area (Å²) in [5.41, 5.74) is -0.993. The highest BCUT2D eigenvalue weighted by atomic mass is 16.6. The lowest BCUT2D eigenvalue weighted by Crippen LogP contribution is -2.53. The molecule has 134 valence electrons. The SMILES string of the molecule is Cc1nc(C(=O)NC2(CC(=O)OC(C)(C)C)CCOCC2)c(C)o1. The summed E-state index contributed by atoms with van der Waals surface area (Å²) < 4.78 is 16.1. The van der Waals surface area contributed by atoms with Crippen LogP contribution in [0.5, 0.6) is 0 Å². The van der Waals surface area contributed by atoms with E-state index in [4.69, 9.17) is 13.9 Å². The molecule has 1 aromatic rings. The van der Waals surface area contributed by atoms with E-state index >= 15 is 0 Å². The number of oxazole rings is 1. The Morgan fingerprint density at radius 1 is 1.25 bits per heavy atom. The molecule has 1 aliphatic rings. The number of carbonyl (C=O) groups excluding carboxylic acids is 2. The molecule has 0 bridgehead atoms. The minimum absolute atomic E-state index is 0.106. The fourth-order valence-corrected chi connectivity index (χ4v) is 2.80. The first-order valence-corrected chi connectivity index (χ1v) is 8.16. The second-order valence-corrected chi connectivity index (χ2v) is 7.25. The highest BCUT2D eigenvalue weighted by molar-refractivity contribution is 5.94. The molecular weight excluding hydrogens is 312 g/mol. The van der Waals surface area contributed by atoms with Crippen LogP contribution in [-0.2, 0) is 14.3 Å². The summed E-state index contributed by atoms with van der Waals surface area (Å²) in [4.78, 5) is 29.0. The molecule has 0 radical (unpaired) electrons. The van der Waals surface area contributed by atoms with E-state index in [-0.39, 0.29) is 24.0 Å². The highest BCUT2D eigenvalue weighted by Gasteiger charge is 2.38. The van der Waals surface area contributed by atoms with Gasteiger partial charge in [-0.3, -0.25) is 9.59 Å². The molecule has 0 unspecified atom stereocenters. The summed E-state index contributed by atoms with van der Waals surface area (Å²) in [6.07, 6.45) is 1.21. The van der Waals surface area contributed by atoms with Crippen molar-refractivity contribution < 1.29 is 23.5 Å². The molecule has 1 aliphatic heterocycles. The number of nitrogens with one attached hydrogen (secondary N) is 1. The van der Waals surface area contributed by atoms with Gasteiger partial charge in [-0.05, 0) is 40.5 Å². The lowest BCUT2D eigenvalue weighted by atomic mass is 9.86. The molecule has 0 aromatic carbocycles. The van der Waals surface area contributed by atoms with E-state index in [0.29, 0.717) is 37.7 Å². The van der Waals surface area contributed by atoms with Crippen LogP contribution in [0.15, 0.2) is 4.42 Å². The molecule has 2 heterocycles. The zero-order chi connectivity index (χ0) is 18.0. The first-order valence-electron chi connectivity index (χ1n) is 8.16. The van der Waals surface area contributed by atoms with Crippen molar-refractivity contribution in [3.8, 4) is 0 Å². The molecule has 7 heteroatoms. The number of amides is 1. The number of carbonyl (C=O) groups is 2. The average Bonchev–Trinajstić information content (AvgIpc) is 2.76. The van der Waals surface area contributed by atoms with Crippen LogP contribution >= 0.6 is 0 Å². The number of esters is 1. The zero-order valence-corrected chi connectivity index (χ0v) is 15.0. The summed E-state index contributed by atoms with van der Waals surface area (Å²) in [6.45, 7) is 9.82. The number of ether oxygens (including phenoxy) is 2. The maximum absolute atomic E-state index is 12.6. The van der Waals surface area contributed by atoms with Gasteiger partial charge in [-0.1, -0.05) is 0 Å². The van der Waals surface area contributed by atoms with E-state index < -0.39 is 11.1 Å². The maximum atomic E-state index is 12.6. The Bertz CT molecular complexity index is 609. The monoisotopic (exact) mass is 338 g/mol. The Kier molecular flexibility index (Phi) is 5.32. The van der Waals surface area contributed by atoms with Crippen LogP contribution in [-0.4, -0.2) is 41.2 Å². The van der Waals surface area contributed by atoms with Crippen LogP contribution in [0.1, 0.15) is 62.2 Å². The van der Waals surface area contributed by atoms with Gasteiger partial charge in [0.05, 0.1) is 12.0 Å². The fourth-order valence-electron chi connectivity index (χ4n) is 2.80. The molecule has 7 nitrogen and oxygen atoms in total. The van der Waals surface area contributed by atoms with Crippen molar-refractivity contribution in [1.29, 1.82) is 0 Å². The van der Waals surface area contributed by atoms with E-state index in [2.05, 4.69) is 10.3 Å². The first-order chi connectivity index (χ1) is 11.1. The molecular formula is C17H26N2O5. The van der Waals surface area contributed by atoms with Crippen LogP contribution < -0.4 is 5.32 Å². The number of hydrogen-bond acceptors (Lipinski definition) is 6. The van der Waals surface area contributed by atoms with Crippen molar-refractivity contribution in [2.24, 2.45) is 0 Å². The molecule has 1 aromatic heterocycles. The molecule has 1 N–H and O–H groups in total. The van der Waals surface area contributed by atoms with E-state index in [0.717, 1.165) is 0 Å². The van der Waals surface area contributed by atoms with Gasteiger partial charge in [-0.25, -0.2) is 4.98 Å². The Balaban J connectivity index is 2.14. The van der Waals surface area contributed by atoms with E-state index in [9.17, 15) is 9.59 Å². The molecule has 24 heavy (non-hydrogen) atoms. The van der Waals surface area contributed by atoms with Gasteiger partial charge in [0.1, 0.15) is 11.4 Å². The first kappa shape index (κ1) is 18.4. The van der Waals surface area contributed by atoms with Crippen LogP contribution in [0.4, 0.5) is 0 Å². The molecule has 0 saturated carbocycles. The predicted molar refractivity (Wildman–Crippen MR) is 86.7 cm³/mol. The van der Waals surface area contributed by atoms with Gasteiger partial charge in [0, 0.05) is 20.1 Å². The van der Waals surface area contributed by atoms with E-state index in [1.54, 1.807) is 13.8 Å². The Morgan fingerprint density at radius 2 is 1.88 bits per heavy atom. The number of aryl methyl sites for hydroxylation is 2. The normalized spacial score (nSPS) is 17.4. The van der Waals surface area contributed by atoms with Crippen LogP contribution in [0, 0.1) is 13.8 Å². The van der Waals surface area contributed by atoms with Gasteiger partial charge in [0.2, 0.25) is 0 Å².